The van der Waals surface area contributed by atoms with Crippen molar-refractivity contribution in [2.24, 2.45) is 5.92 Å². The molecule has 4 saturated heterocycles. The number of ether oxygens (including phenoxy) is 5. The van der Waals surface area contributed by atoms with Crippen LogP contribution < -0.4 is 9.47 Å². The first-order chi connectivity index (χ1) is 16.6. The second-order valence-electron chi connectivity index (χ2n) is 11.9. The van der Waals surface area contributed by atoms with Gasteiger partial charge in [-0.25, -0.2) is 4.90 Å². The van der Waals surface area contributed by atoms with Crippen molar-refractivity contribution in [1.82, 2.24) is 9.80 Å². The highest BCUT2D eigenvalue weighted by Crippen LogP contribution is 2.69. The molecular formula is C26H32N2O6. The molecule has 182 valence electrons. The molecule has 2 bridgehead atoms. The van der Waals surface area contributed by atoms with E-state index >= 15 is 0 Å². The average molecular weight is 469 g/mol. The molecule has 0 unspecified atom stereocenters. The number of hydrogen-bond donors (Lipinski definition) is 1. The van der Waals surface area contributed by atoms with Crippen molar-refractivity contribution in [2.45, 2.75) is 86.0 Å². The Labute approximate surface area is 199 Å². The van der Waals surface area contributed by atoms with Crippen LogP contribution >= 0.6 is 0 Å². The summed E-state index contributed by atoms with van der Waals surface area (Å²) in [6.07, 6.45) is 5.13. The van der Waals surface area contributed by atoms with Gasteiger partial charge in [-0.05, 0) is 62.6 Å². The molecule has 0 amide bonds. The number of nitrogens with zero attached hydrogens (tertiary/aromatic N) is 2. The van der Waals surface area contributed by atoms with Gasteiger partial charge in [0.15, 0.2) is 11.5 Å². The smallest absolute Gasteiger partial charge is 0.166 e. The lowest BCUT2D eigenvalue weighted by molar-refractivity contribution is -0.259. The van der Waals surface area contributed by atoms with E-state index in [2.05, 4.69) is 15.9 Å². The Bertz CT molecular complexity index is 1100. The predicted octanol–water partition coefficient (Wildman–Crippen LogP) is 1.37. The van der Waals surface area contributed by atoms with E-state index in [1.807, 2.05) is 6.07 Å². The average Bonchev–Trinajstić information content (AvgIpc) is 3.18. The lowest BCUT2D eigenvalue weighted by Crippen LogP contribution is -2.80. The van der Waals surface area contributed by atoms with Crippen LogP contribution in [0.1, 0.15) is 43.2 Å². The summed E-state index contributed by atoms with van der Waals surface area (Å²) < 4.78 is 32.0. The van der Waals surface area contributed by atoms with Gasteiger partial charge in [-0.15, -0.1) is 0 Å². The third-order valence-electron chi connectivity index (χ3n) is 10.6. The topological polar surface area (TPSA) is 72.9 Å². The van der Waals surface area contributed by atoms with Crippen LogP contribution in [0.4, 0.5) is 0 Å². The van der Waals surface area contributed by atoms with E-state index in [4.69, 9.17) is 23.7 Å². The van der Waals surface area contributed by atoms with Gasteiger partial charge in [-0.3, -0.25) is 4.90 Å². The lowest BCUT2D eigenvalue weighted by Gasteiger charge is -2.66. The summed E-state index contributed by atoms with van der Waals surface area (Å²) in [5, 5.41) is 12.8. The summed E-state index contributed by atoms with van der Waals surface area (Å²) in [5.74, 6) is 2.37. The Balaban J connectivity index is 1.24. The summed E-state index contributed by atoms with van der Waals surface area (Å²) >= 11 is 0. The van der Waals surface area contributed by atoms with E-state index in [0.717, 1.165) is 49.8 Å². The zero-order valence-corrected chi connectivity index (χ0v) is 19.6. The van der Waals surface area contributed by atoms with Gasteiger partial charge in [0, 0.05) is 18.2 Å². The molecule has 2 saturated carbocycles. The first kappa shape index (κ1) is 19.7. The fourth-order valence-corrected chi connectivity index (χ4v) is 9.08. The highest BCUT2D eigenvalue weighted by Gasteiger charge is 2.80. The van der Waals surface area contributed by atoms with E-state index in [1.165, 1.54) is 24.0 Å². The molecular weight excluding hydrogens is 436 g/mol. The Hall–Kier alpha value is -1.42. The molecule has 5 heterocycles. The summed E-state index contributed by atoms with van der Waals surface area (Å²) in [6, 6.07) is 4.37. The summed E-state index contributed by atoms with van der Waals surface area (Å²) in [6.45, 7) is 3.22. The number of rotatable bonds is 3. The minimum atomic E-state index is -0.856. The van der Waals surface area contributed by atoms with Gasteiger partial charge in [0.2, 0.25) is 0 Å². The molecule has 9 rings (SSSR count). The molecule has 2 spiro atoms. The maximum absolute atomic E-state index is 12.8. The minimum absolute atomic E-state index is 0.0407. The number of benzene rings is 1. The van der Waals surface area contributed by atoms with E-state index in [9.17, 15) is 5.11 Å². The van der Waals surface area contributed by atoms with E-state index < -0.39 is 16.6 Å². The number of piperidine rings is 1. The van der Waals surface area contributed by atoms with Crippen LogP contribution in [0.3, 0.4) is 0 Å². The molecule has 1 N–H and O–H groups in total. The van der Waals surface area contributed by atoms with Crippen molar-refractivity contribution in [3.05, 3.63) is 23.3 Å². The van der Waals surface area contributed by atoms with Crippen molar-refractivity contribution in [2.75, 3.05) is 33.4 Å². The quantitative estimate of drug-likeness (QED) is 0.713. The molecule has 0 radical (unpaired) electrons. The van der Waals surface area contributed by atoms with Crippen LogP contribution in [-0.2, 0) is 26.0 Å². The molecule has 3 aliphatic carbocycles. The lowest BCUT2D eigenvalue weighted by atomic mass is 9.46. The molecule has 5 aliphatic heterocycles. The molecule has 34 heavy (non-hydrogen) atoms. The normalized spacial score (nSPS) is 49.9. The van der Waals surface area contributed by atoms with Gasteiger partial charge in [0.1, 0.15) is 30.4 Å². The molecule has 1 aromatic rings. The highest BCUT2D eigenvalue weighted by molar-refractivity contribution is 5.63. The second kappa shape index (κ2) is 6.10. The highest BCUT2D eigenvalue weighted by atomic mass is 16.7. The van der Waals surface area contributed by atoms with Gasteiger partial charge in [0.25, 0.3) is 0 Å². The standard InChI is InChI=1S/C26H32N2O6/c1-30-16-5-4-15-10-17-26(29)7-6-25(23-28-18(12-32-23)31-13-19(28)34-25)22-24(26,20(15)21(16)33-22)8-9-27(17)11-14-2-3-14/h4-5,14,17-19,22-23,29H,2-3,6-13H2,1H3/t17-,18-,19-,22-,23-,24+,25+,26-/m1/s1. The minimum Gasteiger partial charge on any atom is -0.493 e. The van der Waals surface area contributed by atoms with Crippen molar-refractivity contribution >= 4 is 0 Å². The maximum atomic E-state index is 12.8. The van der Waals surface area contributed by atoms with Crippen LogP contribution in [0.25, 0.3) is 0 Å². The predicted molar refractivity (Wildman–Crippen MR) is 119 cm³/mol. The fraction of sp³-hybridized carbons (Fsp3) is 0.769. The summed E-state index contributed by atoms with van der Waals surface area (Å²) in [4.78, 5) is 4.88. The van der Waals surface area contributed by atoms with Crippen LogP contribution in [0.15, 0.2) is 12.1 Å². The van der Waals surface area contributed by atoms with Crippen LogP contribution in [0.2, 0.25) is 0 Å². The van der Waals surface area contributed by atoms with Gasteiger partial charge < -0.3 is 28.8 Å². The fourth-order valence-electron chi connectivity index (χ4n) is 9.08. The van der Waals surface area contributed by atoms with Crippen LogP contribution in [0.5, 0.6) is 11.5 Å². The van der Waals surface area contributed by atoms with E-state index in [0.29, 0.717) is 19.6 Å². The molecule has 8 nitrogen and oxygen atoms in total. The first-order valence-electron chi connectivity index (χ1n) is 13.1. The molecule has 1 aromatic carbocycles. The summed E-state index contributed by atoms with van der Waals surface area (Å²) in [5.41, 5.74) is 0.484. The number of aliphatic hydroxyl groups is 1. The number of likely N-dealkylation sites (tertiary alicyclic amines) is 1. The van der Waals surface area contributed by atoms with Crippen molar-refractivity contribution in [1.29, 1.82) is 0 Å². The maximum Gasteiger partial charge on any atom is 0.166 e. The van der Waals surface area contributed by atoms with Gasteiger partial charge in [0.05, 0.1) is 31.3 Å². The van der Waals surface area contributed by atoms with Crippen molar-refractivity contribution in [3.8, 4) is 11.5 Å². The summed E-state index contributed by atoms with van der Waals surface area (Å²) in [7, 11) is 1.71. The Morgan fingerprint density at radius 3 is 2.85 bits per heavy atom. The van der Waals surface area contributed by atoms with Crippen LogP contribution in [0, 0.1) is 5.92 Å². The van der Waals surface area contributed by atoms with Gasteiger partial charge >= 0.3 is 0 Å². The van der Waals surface area contributed by atoms with Gasteiger partial charge in [-0.1, -0.05) is 6.07 Å². The number of methoxy groups -OCH3 is 1. The Kier molecular flexibility index (Phi) is 3.54. The monoisotopic (exact) mass is 468 g/mol. The SMILES string of the molecule is COc1ccc2c3c1O[C@H]1[C@]4(CC[C@@]5(O)[C@@H](C2)N(CC2CC2)CC[C@]315)O[C@@H]1CO[C@@H]2CO[C@H]4N21. The number of fused-ring (bicyclic) bond motifs is 2. The molecule has 8 heteroatoms. The Morgan fingerprint density at radius 2 is 2.00 bits per heavy atom. The third-order valence-corrected chi connectivity index (χ3v) is 10.6. The van der Waals surface area contributed by atoms with Crippen molar-refractivity contribution < 1.29 is 28.8 Å². The third kappa shape index (κ3) is 2.00. The molecule has 6 fully saturated rings. The number of hydrogen-bond acceptors (Lipinski definition) is 8. The first-order valence-corrected chi connectivity index (χ1v) is 13.1. The van der Waals surface area contributed by atoms with E-state index in [1.54, 1.807) is 7.11 Å². The van der Waals surface area contributed by atoms with Crippen molar-refractivity contribution in [3.63, 3.8) is 0 Å². The Morgan fingerprint density at radius 1 is 1.12 bits per heavy atom. The van der Waals surface area contributed by atoms with Crippen LogP contribution in [-0.4, -0.2) is 90.4 Å². The zero-order valence-electron chi connectivity index (χ0n) is 19.6. The van der Waals surface area contributed by atoms with Gasteiger partial charge in [-0.2, -0.15) is 0 Å². The molecule has 8 aliphatic rings. The van der Waals surface area contributed by atoms with E-state index in [-0.39, 0.29) is 30.8 Å². The largest absolute Gasteiger partial charge is 0.493 e. The zero-order chi connectivity index (χ0) is 22.4. The molecule has 8 atom stereocenters. The molecule has 0 aromatic heterocycles. The second-order valence-corrected chi connectivity index (χ2v) is 11.9.